The highest BCUT2D eigenvalue weighted by atomic mass is 79.9. The number of alkyl halides is 1. The van der Waals surface area contributed by atoms with Crippen molar-refractivity contribution in [3.63, 3.8) is 0 Å². The van der Waals surface area contributed by atoms with Crippen LogP contribution in [0.2, 0.25) is 0 Å². The monoisotopic (exact) mass is 361 g/mol. The highest BCUT2D eigenvalue weighted by Gasteiger charge is 2.14. The first-order chi connectivity index (χ1) is 10.5. The van der Waals surface area contributed by atoms with E-state index in [4.69, 9.17) is 5.73 Å². The maximum Gasteiger partial charge on any atom is 0.266 e. The Labute approximate surface area is 134 Å². The summed E-state index contributed by atoms with van der Waals surface area (Å²) in [6.07, 6.45) is 0. The van der Waals surface area contributed by atoms with E-state index in [0.29, 0.717) is 22.3 Å². The van der Waals surface area contributed by atoms with Crippen molar-refractivity contribution in [1.82, 2.24) is 9.55 Å². The van der Waals surface area contributed by atoms with E-state index in [1.807, 2.05) is 13.0 Å². The Hall–Kier alpha value is -2.21. The SMILES string of the molecule is Cc1cc(Br)ccc1-n1c(CF)nc2ccc(N)cc2c1=O. The molecule has 6 heteroatoms. The number of fused-ring (bicyclic) bond motifs is 1. The summed E-state index contributed by atoms with van der Waals surface area (Å²) in [4.78, 5) is 17.0. The van der Waals surface area contributed by atoms with E-state index < -0.39 is 6.67 Å². The minimum absolute atomic E-state index is 0.0766. The first-order valence-electron chi connectivity index (χ1n) is 6.65. The first-order valence-corrected chi connectivity index (χ1v) is 7.44. The van der Waals surface area contributed by atoms with Gasteiger partial charge in [0.05, 0.1) is 16.6 Å². The molecule has 0 saturated carbocycles. The maximum absolute atomic E-state index is 13.4. The van der Waals surface area contributed by atoms with Crippen LogP contribution in [0.4, 0.5) is 10.1 Å². The van der Waals surface area contributed by atoms with E-state index >= 15 is 0 Å². The Morgan fingerprint density at radius 3 is 2.73 bits per heavy atom. The third kappa shape index (κ3) is 2.39. The Kier molecular flexibility index (Phi) is 3.70. The second-order valence-corrected chi connectivity index (χ2v) is 5.93. The van der Waals surface area contributed by atoms with Gasteiger partial charge in [0.25, 0.3) is 5.56 Å². The second-order valence-electron chi connectivity index (χ2n) is 5.01. The van der Waals surface area contributed by atoms with Crippen molar-refractivity contribution in [2.45, 2.75) is 13.6 Å². The summed E-state index contributed by atoms with van der Waals surface area (Å²) in [5, 5.41) is 0.375. The number of hydrogen-bond acceptors (Lipinski definition) is 3. The molecule has 0 saturated heterocycles. The van der Waals surface area contributed by atoms with Crippen molar-refractivity contribution < 1.29 is 4.39 Å². The number of nitrogens with two attached hydrogens (primary N) is 1. The number of rotatable bonds is 2. The quantitative estimate of drug-likeness (QED) is 0.710. The molecule has 0 amide bonds. The van der Waals surface area contributed by atoms with E-state index in [9.17, 15) is 9.18 Å². The van der Waals surface area contributed by atoms with Crippen molar-refractivity contribution in [3.8, 4) is 5.69 Å². The molecule has 0 radical (unpaired) electrons. The number of aryl methyl sites for hydroxylation is 1. The fourth-order valence-corrected chi connectivity index (χ4v) is 2.93. The van der Waals surface area contributed by atoms with Crippen molar-refractivity contribution in [2.24, 2.45) is 0 Å². The molecule has 0 bridgehead atoms. The zero-order valence-electron chi connectivity index (χ0n) is 11.8. The number of nitrogen functional groups attached to an aromatic ring is 1. The molecule has 0 spiro atoms. The van der Waals surface area contributed by atoms with Gasteiger partial charge in [0.2, 0.25) is 0 Å². The van der Waals surface area contributed by atoms with Crippen molar-refractivity contribution in [2.75, 3.05) is 5.73 Å². The van der Waals surface area contributed by atoms with Crippen LogP contribution in [0.5, 0.6) is 0 Å². The standard InChI is InChI=1S/C16H13BrFN3O/c1-9-6-10(17)2-5-14(9)21-15(8-18)20-13-4-3-11(19)7-12(13)16(21)22/h2-7H,8,19H2,1H3. The molecule has 22 heavy (non-hydrogen) atoms. The van der Waals surface area contributed by atoms with Crippen LogP contribution in [0.15, 0.2) is 45.7 Å². The Bertz CT molecular complexity index is 937. The summed E-state index contributed by atoms with van der Waals surface area (Å²) in [7, 11) is 0. The highest BCUT2D eigenvalue weighted by Crippen LogP contribution is 2.21. The van der Waals surface area contributed by atoms with Gasteiger partial charge >= 0.3 is 0 Å². The van der Waals surface area contributed by atoms with Gasteiger partial charge in [0.15, 0.2) is 0 Å². The number of benzene rings is 2. The molecule has 0 aliphatic carbocycles. The molecule has 1 heterocycles. The normalized spacial score (nSPS) is 11.0. The summed E-state index contributed by atoms with van der Waals surface area (Å²) in [5.74, 6) is 0.0766. The fraction of sp³-hybridized carbons (Fsp3) is 0.125. The van der Waals surface area contributed by atoms with E-state index in [1.54, 1.807) is 30.3 Å². The summed E-state index contributed by atoms with van der Waals surface area (Å²) in [6, 6.07) is 10.3. The molecule has 2 aromatic carbocycles. The van der Waals surface area contributed by atoms with Gasteiger partial charge < -0.3 is 5.73 Å². The van der Waals surface area contributed by atoms with Gasteiger partial charge in [-0.15, -0.1) is 0 Å². The Morgan fingerprint density at radius 2 is 2.05 bits per heavy atom. The zero-order chi connectivity index (χ0) is 15.9. The van der Waals surface area contributed by atoms with Gasteiger partial charge in [-0.25, -0.2) is 9.37 Å². The number of halogens is 2. The Morgan fingerprint density at radius 1 is 1.27 bits per heavy atom. The highest BCUT2D eigenvalue weighted by molar-refractivity contribution is 9.10. The third-order valence-electron chi connectivity index (χ3n) is 3.48. The minimum atomic E-state index is -0.828. The van der Waals surface area contributed by atoms with Crippen molar-refractivity contribution >= 4 is 32.5 Å². The van der Waals surface area contributed by atoms with Crippen molar-refractivity contribution in [1.29, 1.82) is 0 Å². The van der Waals surface area contributed by atoms with Crippen LogP contribution < -0.4 is 11.3 Å². The van der Waals surface area contributed by atoms with E-state index in [0.717, 1.165) is 10.0 Å². The average Bonchev–Trinajstić information content (AvgIpc) is 2.49. The van der Waals surface area contributed by atoms with Crippen LogP contribution >= 0.6 is 15.9 Å². The summed E-state index contributed by atoms with van der Waals surface area (Å²) < 4.78 is 15.6. The van der Waals surface area contributed by atoms with Crippen LogP contribution in [-0.2, 0) is 6.67 Å². The lowest BCUT2D eigenvalue weighted by atomic mass is 10.1. The first kappa shape index (κ1) is 14.7. The van der Waals surface area contributed by atoms with Crippen LogP contribution in [0.25, 0.3) is 16.6 Å². The molecule has 3 rings (SSSR count). The van der Waals surface area contributed by atoms with Crippen LogP contribution in [0, 0.1) is 6.92 Å². The lowest BCUT2D eigenvalue weighted by molar-refractivity contribution is 0.457. The lowest BCUT2D eigenvalue weighted by Crippen LogP contribution is -2.24. The van der Waals surface area contributed by atoms with E-state index in [1.165, 1.54) is 4.57 Å². The largest absolute Gasteiger partial charge is 0.399 e. The predicted molar refractivity (Wildman–Crippen MR) is 89.0 cm³/mol. The molecule has 0 aliphatic heterocycles. The fourth-order valence-electron chi connectivity index (χ4n) is 2.46. The molecular weight excluding hydrogens is 349 g/mol. The molecule has 0 fully saturated rings. The summed E-state index contributed by atoms with van der Waals surface area (Å²) >= 11 is 3.38. The average molecular weight is 362 g/mol. The molecule has 2 N–H and O–H groups in total. The molecular formula is C16H13BrFN3O. The lowest BCUT2D eigenvalue weighted by Gasteiger charge is -2.14. The van der Waals surface area contributed by atoms with Crippen LogP contribution in [0.1, 0.15) is 11.4 Å². The van der Waals surface area contributed by atoms with Gasteiger partial charge in [-0.3, -0.25) is 9.36 Å². The number of aromatic nitrogens is 2. The van der Waals surface area contributed by atoms with Gasteiger partial charge in [0.1, 0.15) is 12.5 Å². The predicted octanol–water partition coefficient (Wildman–Crippen LogP) is 3.51. The molecule has 0 atom stereocenters. The molecule has 3 aromatic rings. The van der Waals surface area contributed by atoms with Crippen LogP contribution in [-0.4, -0.2) is 9.55 Å². The van der Waals surface area contributed by atoms with Crippen LogP contribution in [0.3, 0.4) is 0 Å². The molecule has 1 aromatic heterocycles. The smallest absolute Gasteiger partial charge is 0.266 e. The maximum atomic E-state index is 13.4. The second kappa shape index (κ2) is 5.53. The van der Waals surface area contributed by atoms with E-state index in [2.05, 4.69) is 20.9 Å². The summed E-state index contributed by atoms with van der Waals surface area (Å²) in [6.45, 7) is 1.03. The third-order valence-corrected chi connectivity index (χ3v) is 3.97. The number of nitrogens with zero attached hydrogens (tertiary/aromatic N) is 2. The van der Waals surface area contributed by atoms with Gasteiger partial charge in [-0.05, 0) is 48.9 Å². The number of hydrogen-bond donors (Lipinski definition) is 1. The van der Waals surface area contributed by atoms with E-state index in [-0.39, 0.29) is 11.4 Å². The Balaban J connectivity index is 2.41. The molecule has 4 nitrogen and oxygen atoms in total. The molecule has 0 aliphatic rings. The number of anilines is 1. The molecule has 0 unspecified atom stereocenters. The topological polar surface area (TPSA) is 60.9 Å². The zero-order valence-corrected chi connectivity index (χ0v) is 13.4. The molecule has 112 valence electrons. The summed E-state index contributed by atoms with van der Waals surface area (Å²) in [5.41, 5.74) is 7.79. The minimum Gasteiger partial charge on any atom is -0.399 e. The van der Waals surface area contributed by atoms with Gasteiger partial charge in [-0.1, -0.05) is 15.9 Å². The van der Waals surface area contributed by atoms with Crippen molar-refractivity contribution in [3.05, 3.63) is 62.6 Å². The van der Waals surface area contributed by atoms with Gasteiger partial charge in [-0.2, -0.15) is 0 Å². The van der Waals surface area contributed by atoms with Gasteiger partial charge in [0, 0.05) is 10.2 Å².